The van der Waals surface area contributed by atoms with Gasteiger partial charge in [0.15, 0.2) is 0 Å². The van der Waals surface area contributed by atoms with Gasteiger partial charge in [0.1, 0.15) is 0 Å². The van der Waals surface area contributed by atoms with E-state index in [4.69, 9.17) is 5.11 Å². The molecule has 1 aliphatic heterocycles. The number of benzene rings is 1. The highest BCUT2D eigenvalue weighted by atomic mass is 16.4. The van der Waals surface area contributed by atoms with Crippen LogP contribution in [0, 0.1) is 0 Å². The van der Waals surface area contributed by atoms with Gasteiger partial charge < -0.3 is 10.4 Å². The first-order valence-corrected chi connectivity index (χ1v) is 5.79. The zero-order valence-electron chi connectivity index (χ0n) is 9.33. The number of carboxylic acid groups (broad SMARTS) is 1. The van der Waals surface area contributed by atoms with E-state index < -0.39 is 5.97 Å². The van der Waals surface area contributed by atoms with Crippen LogP contribution < -0.4 is 5.32 Å². The van der Waals surface area contributed by atoms with Crippen molar-refractivity contribution < 1.29 is 9.90 Å². The van der Waals surface area contributed by atoms with Crippen molar-refractivity contribution in [1.82, 2.24) is 5.32 Å². The number of rotatable bonds is 3. The molecule has 86 valence electrons. The molecule has 0 fully saturated rings. The molecule has 3 nitrogen and oxygen atoms in total. The van der Waals surface area contributed by atoms with Crippen LogP contribution in [0.15, 0.2) is 18.2 Å². The highest BCUT2D eigenvalue weighted by molar-refractivity contribution is 5.67. The van der Waals surface area contributed by atoms with Crippen LogP contribution in [0.2, 0.25) is 0 Å². The van der Waals surface area contributed by atoms with Crippen molar-refractivity contribution in [2.45, 2.75) is 32.2 Å². The summed E-state index contributed by atoms with van der Waals surface area (Å²) in [5.41, 5.74) is 3.89. The lowest BCUT2D eigenvalue weighted by atomic mass is 9.96. The summed E-state index contributed by atoms with van der Waals surface area (Å²) in [6.07, 6.45) is 3.12. The van der Waals surface area contributed by atoms with Gasteiger partial charge in [-0.2, -0.15) is 0 Å². The Morgan fingerprint density at radius 3 is 3.12 bits per heavy atom. The first kappa shape index (κ1) is 11.1. The fourth-order valence-corrected chi connectivity index (χ4v) is 2.24. The minimum absolute atomic E-state index is 0.219. The first-order valence-electron chi connectivity index (χ1n) is 5.79. The number of hydrogen-bond acceptors (Lipinski definition) is 2. The van der Waals surface area contributed by atoms with Gasteiger partial charge in [0, 0.05) is 13.0 Å². The van der Waals surface area contributed by atoms with Crippen LogP contribution in [-0.2, 0) is 24.2 Å². The van der Waals surface area contributed by atoms with Crippen molar-refractivity contribution >= 4 is 5.97 Å². The molecule has 3 heteroatoms. The lowest BCUT2D eigenvalue weighted by molar-refractivity contribution is -0.136. The normalized spacial score (nSPS) is 15.2. The molecule has 2 rings (SSSR count). The Bertz CT molecular complexity index is 388. The first-order chi connectivity index (χ1) is 7.77. The summed E-state index contributed by atoms with van der Waals surface area (Å²) in [5.74, 6) is -0.723. The average molecular weight is 219 g/mol. The summed E-state index contributed by atoms with van der Waals surface area (Å²) < 4.78 is 0. The molecule has 1 aromatic carbocycles. The molecule has 0 bridgehead atoms. The van der Waals surface area contributed by atoms with Crippen molar-refractivity contribution in [2.75, 3.05) is 6.54 Å². The molecule has 0 spiro atoms. The highest BCUT2D eigenvalue weighted by Crippen LogP contribution is 2.20. The van der Waals surface area contributed by atoms with Gasteiger partial charge in [0.25, 0.3) is 0 Å². The molecular weight excluding hydrogens is 202 g/mol. The third kappa shape index (κ3) is 2.61. The SMILES string of the molecule is O=C(O)CCc1cccc2c1CNCCC2. The Morgan fingerprint density at radius 2 is 2.31 bits per heavy atom. The second-order valence-corrected chi connectivity index (χ2v) is 4.23. The fraction of sp³-hybridized carbons (Fsp3) is 0.462. The molecule has 1 aliphatic rings. The molecule has 0 atom stereocenters. The summed E-state index contributed by atoms with van der Waals surface area (Å²) in [7, 11) is 0. The summed E-state index contributed by atoms with van der Waals surface area (Å²) >= 11 is 0. The molecule has 16 heavy (non-hydrogen) atoms. The molecule has 0 unspecified atom stereocenters. The number of carbonyl (C=O) groups is 1. The van der Waals surface area contributed by atoms with E-state index in [1.165, 1.54) is 16.7 Å². The Morgan fingerprint density at radius 1 is 1.44 bits per heavy atom. The van der Waals surface area contributed by atoms with E-state index >= 15 is 0 Å². The van der Waals surface area contributed by atoms with Crippen LogP contribution in [0.25, 0.3) is 0 Å². The maximum Gasteiger partial charge on any atom is 0.303 e. The second-order valence-electron chi connectivity index (χ2n) is 4.23. The van der Waals surface area contributed by atoms with E-state index in [1.807, 2.05) is 6.07 Å². The topological polar surface area (TPSA) is 49.3 Å². The van der Waals surface area contributed by atoms with Gasteiger partial charge in [-0.25, -0.2) is 0 Å². The molecule has 0 saturated heterocycles. The molecule has 1 heterocycles. The molecular formula is C13H17NO2. The molecule has 0 amide bonds. The van der Waals surface area contributed by atoms with Gasteiger partial charge in [-0.3, -0.25) is 4.79 Å². The molecule has 1 aromatic rings. The van der Waals surface area contributed by atoms with E-state index in [0.29, 0.717) is 6.42 Å². The van der Waals surface area contributed by atoms with Crippen LogP contribution in [0.4, 0.5) is 0 Å². The van der Waals surface area contributed by atoms with E-state index in [0.717, 1.165) is 25.9 Å². The van der Waals surface area contributed by atoms with E-state index in [2.05, 4.69) is 17.4 Å². The zero-order valence-corrected chi connectivity index (χ0v) is 9.33. The Balaban J connectivity index is 2.20. The van der Waals surface area contributed by atoms with Crippen LogP contribution in [0.3, 0.4) is 0 Å². The monoisotopic (exact) mass is 219 g/mol. The summed E-state index contributed by atoms with van der Waals surface area (Å²) in [4.78, 5) is 10.6. The fourth-order valence-electron chi connectivity index (χ4n) is 2.24. The molecule has 2 N–H and O–H groups in total. The lowest BCUT2D eigenvalue weighted by Crippen LogP contribution is -2.13. The van der Waals surface area contributed by atoms with Crippen molar-refractivity contribution in [3.8, 4) is 0 Å². The molecule has 0 saturated carbocycles. The maximum atomic E-state index is 10.6. The van der Waals surface area contributed by atoms with Gasteiger partial charge in [-0.15, -0.1) is 0 Å². The third-order valence-electron chi connectivity index (χ3n) is 3.08. The van der Waals surface area contributed by atoms with Gasteiger partial charge >= 0.3 is 5.97 Å². The second kappa shape index (κ2) is 5.12. The quantitative estimate of drug-likeness (QED) is 0.814. The maximum absolute atomic E-state index is 10.6. The van der Waals surface area contributed by atoms with Gasteiger partial charge in [-0.05, 0) is 42.5 Å². The number of fused-ring (bicyclic) bond motifs is 1. The minimum atomic E-state index is -0.723. The predicted molar refractivity (Wildman–Crippen MR) is 62.4 cm³/mol. The zero-order chi connectivity index (χ0) is 11.4. The van der Waals surface area contributed by atoms with Crippen molar-refractivity contribution in [3.05, 3.63) is 34.9 Å². The standard InChI is InChI=1S/C13H17NO2/c15-13(16)7-6-11-4-1-3-10-5-2-8-14-9-12(10)11/h1,3-4,14H,2,5-9H2,(H,15,16). The smallest absolute Gasteiger partial charge is 0.303 e. The van der Waals surface area contributed by atoms with Gasteiger partial charge in [0.2, 0.25) is 0 Å². The number of carboxylic acids is 1. The number of aliphatic carboxylic acids is 1. The predicted octanol–water partition coefficient (Wildman–Crippen LogP) is 1.74. The van der Waals surface area contributed by atoms with E-state index in [-0.39, 0.29) is 6.42 Å². The van der Waals surface area contributed by atoms with E-state index in [9.17, 15) is 4.79 Å². The number of aryl methyl sites for hydroxylation is 2. The van der Waals surface area contributed by atoms with Crippen LogP contribution in [0.1, 0.15) is 29.5 Å². The summed E-state index contributed by atoms with van der Waals surface area (Å²) in [6.45, 7) is 1.93. The highest BCUT2D eigenvalue weighted by Gasteiger charge is 2.11. The van der Waals surface area contributed by atoms with E-state index in [1.54, 1.807) is 0 Å². The Hall–Kier alpha value is -1.35. The summed E-state index contributed by atoms with van der Waals surface area (Å²) in [6, 6.07) is 6.25. The van der Waals surface area contributed by atoms with Gasteiger partial charge in [-0.1, -0.05) is 18.2 Å². The molecule has 0 aliphatic carbocycles. The molecule has 0 aromatic heterocycles. The number of hydrogen-bond donors (Lipinski definition) is 2. The van der Waals surface area contributed by atoms with Crippen LogP contribution in [0.5, 0.6) is 0 Å². The summed E-state index contributed by atoms with van der Waals surface area (Å²) in [5, 5.41) is 12.1. The largest absolute Gasteiger partial charge is 0.481 e. The van der Waals surface area contributed by atoms with Crippen molar-refractivity contribution in [2.24, 2.45) is 0 Å². The Kier molecular flexibility index (Phi) is 3.57. The lowest BCUT2D eigenvalue weighted by Gasteiger charge is -2.11. The van der Waals surface area contributed by atoms with Gasteiger partial charge in [0.05, 0.1) is 0 Å². The van der Waals surface area contributed by atoms with Crippen LogP contribution in [-0.4, -0.2) is 17.6 Å². The average Bonchev–Trinajstić information content (AvgIpc) is 2.51. The minimum Gasteiger partial charge on any atom is -0.481 e. The number of nitrogens with one attached hydrogen (secondary N) is 1. The van der Waals surface area contributed by atoms with Crippen molar-refractivity contribution in [3.63, 3.8) is 0 Å². The Labute approximate surface area is 95.5 Å². The molecule has 0 radical (unpaired) electrons. The van der Waals surface area contributed by atoms with Crippen molar-refractivity contribution in [1.29, 1.82) is 0 Å². The third-order valence-corrected chi connectivity index (χ3v) is 3.08. The van der Waals surface area contributed by atoms with Crippen LogP contribution >= 0.6 is 0 Å².